The van der Waals surface area contributed by atoms with Crippen LogP contribution in [0.4, 0.5) is 0 Å². The first-order valence-corrected chi connectivity index (χ1v) is 10.6. The number of aromatic nitrogens is 4. The minimum atomic E-state index is -0.211. The number of benzene rings is 2. The Morgan fingerprint density at radius 2 is 2.00 bits per heavy atom. The van der Waals surface area contributed by atoms with Gasteiger partial charge in [-0.25, -0.2) is 4.98 Å². The van der Waals surface area contributed by atoms with Crippen molar-refractivity contribution in [3.8, 4) is 11.4 Å². The number of para-hydroxylation sites is 2. The molecule has 0 aliphatic rings. The molecule has 0 amide bonds. The number of nitrogens with zero attached hydrogens (tertiary/aromatic N) is 4. The molecule has 2 aromatic carbocycles. The number of methoxy groups -OCH3 is 1. The smallest absolute Gasteiger partial charge is 0.266 e. The maximum atomic E-state index is 13.4. The van der Waals surface area contributed by atoms with Gasteiger partial charge in [-0.05, 0) is 30.3 Å². The largest absolute Gasteiger partial charge is 0.495 e. The van der Waals surface area contributed by atoms with Crippen molar-refractivity contribution in [3.05, 3.63) is 69.6 Å². The molecule has 0 saturated heterocycles. The van der Waals surface area contributed by atoms with Crippen molar-refractivity contribution in [3.63, 3.8) is 0 Å². The van der Waals surface area contributed by atoms with Crippen LogP contribution >= 0.6 is 23.4 Å². The molecule has 4 rings (SSSR count). The van der Waals surface area contributed by atoms with Gasteiger partial charge in [0.05, 0.1) is 29.5 Å². The highest BCUT2D eigenvalue weighted by Crippen LogP contribution is 2.29. The maximum absolute atomic E-state index is 13.4. The van der Waals surface area contributed by atoms with Crippen LogP contribution in [0.3, 0.4) is 0 Å². The number of fused-ring (bicyclic) bond motifs is 1. The van der Waals surface area contributed by atoms with Crippen molar-refractivity contribution in [1.82, 2.24) is 19.7 Å². The summed E-state index contributed by atoms with van der Waals surface area (Å²) < 4.78 is 12.3. The van der Waals surface area contributed by atoms with Crippen LogP contribution in [0.2, 0.25) is 5.02 Å². The second-order valence-electron chi connectivity index (χ2n) is 6.86. The summed E-state index contributed by atoms with van der Waals surface area (Å²) in [6.07, 6.45) is 0. The monoisotopic (exact) mass is 442 g/mol. The first-order valence-electron chi connectivity index (χ1n) is 9.29. The third-order valence-corrected chi connectivity index (χ3v) is 5.61. The Bertz CT molecular complexity index is 1270. The highest BCUT2D eigenvalue weighted by molar-refractivity contribution is 7.98. The van der Waals surface area contributed by atoms with Crippen LogP contribution in [-0.4, -0.2) is 26.8 Å². The highest BCUT2D eigenvalue weighted by atomic mass is 35.5. The first kappa shape index (κ1) is 20.4. The average Bonchev–Trinajstić information content (AvgIpc) is 3.21. The highest BCUT2D eigenvalue weighted by Gasteiger charge is 2.18. The van der Waals surface area contributed by atoms with Gasteiger partial charge in [0.15, 0.2) is 11.0 Å². The van der Waals surface area contributed by atoms with E-state index in [4.69, 9.17) is 25.8 Å². The normalized spacial score (nSPS) is 11.4. The van der Waals surface area contributed by atoms with Gasteiger partial charge in [-0.2, -0.15) is 4.98 Å². The average molecular weight is 443 g/mol. The molecule has 30 heavy (non-hydrogen) atoms. The Labute approximate surface area is 182 Å². The van der Waals surface area contributed by atoms with Crippen LogP contribution in [0.1, 0.15) is 31.5 Å². The van der Waals surface area contributed by atoms with Crippen molar-refractivity contribution in [1.29, 1.82) is 0 Å². The van der Waals surface area contributed by atoms with E-state index in [0.29, 0.717) is 50.0 Å². The lowest BCUT2D eigenvalue weighted by Gasteiger charge is -2.15. The van der Waals surface area contributed by atoms with Gasteiger partial charge < -0.3 is 9.26 Å². The van der Waals surface area contributed by atoms with E-state index in [1.165, 1.54) is 11.8 Å². The molecular formula is C21H19ClN4O3S. The molecule has 0 aliphatic heterocycles. The van der Waals surface area contributed by atoms with Crippen LogP contribution in [0.25, 0.3) is 16.6 Å². The van der Waals surface area contributed by atoms with Gasteiger partial charge in [0.2, 0.25) is 5.89 Å². The number of rotatable bonds is 6. The van der Waals surface area contributed by atoms with E-state index < -0.39 is 0 Å². The quantitative estimate of drug-likeness (QED) is 0.312. The Morgan fingerprint density at radius 1 is 1.20 bits per heavy atom. The Balaban J connectivity index is 1.84. The lowest BCUT2D eigenvalue weighted by molar-refractivity contribution is 0.382. The van der Waals surface area contributed by atoms with E-state index in [-0.39, 0.29) is 11.5 Å². The fourth-order valence-corrected chi connectivity index (χ4v) is 3.96. The second-order valence-corrected chi connectivity index (χ2v) is 8.24. The molecule has 0 aliphatic carbocycles. The predicted molar refractivity (Wildman–Crippen MR) is 117 cm³/mol. The van der Waals surface area contributed by atoms with Gasteiger partial charge >= 0.3 is 0 Å². The van der Waals surface area contributed by atoms with E-state index >= 15 is 0 Å². The van der Waals surface area contributed by atoms with Gasteiger partial charge in [0, 0.05) is 10.9 Å². The molecular weight excluding hydrogens is 424 g/mol. The van der Waals surface area contributed by atoms with E-state index in [9.17, 15) is 4.79 Å². The SMILES string of the molecule is COc1ccccc1-n1c(SCc2nc(C(C)C)no2)nc2cc(Cl)ccc2c1=O. The molecule has 154 valence electrons. The van der Waals surface area contributed by atoms with Crippen molar-refractivity contribution in [2.24, 2.45) is 0 Å². The van der Waals surface area contributed by atoms with Gasteiger partial charge in [0.25, 0.3) is 5.56 Å². The number of hydrogen-bond acceptors (Lipinski definition) is 7. The van der Waals surface area contributed by atoms with Crippen LogP contribution in [0.15, 0.2) is 56.9 Å². The Hall–Kier alpha value is -2.84. The van der Waals surface area contributed by atoms with E-state index in [0.717, 1.165) is 0 Å². The van der Waals surface area contributed by atoms with Crippen LogP contribution in [-0.2, 0) is 5.75 Å². The summed E-state index contributed by atoms with van der Waals surface area (Å²) in [6, 6.07) is 12.3. The molecule has 4 aromatic rings. The van der Waals surface area contributed by atoms with Crippen molar-refractivity contribution < 1.29 is 9.26 Å². The molecule has 9 heteroatoms. The molecule has 0 atom stereocenters. The van der Waals surface area contributed by atoms with Gasteiger partial charge in [-0.1, -0.05) is 54.5 Å². The lowest BCUT2D eigenvalue weighted by atomic mass is 10.2. The third-order valence-electron chi connectivity index (χ3n) is 4.45. The molecule has 0 fully saturated rings. The first-order chi connectivity index (χ1) is 14.5. The standard InChI is InChI=1S/C21H19ClN4O3S/c1-12(2)19-24-18(29-25-19)11-30-21-23-15-10-13(22)8-9-14(15)20(27)26(21)16-6-4-5-7-17(16)28-3/h4-10,12H,11H2,1-3H3. The molecule has 2 aromatic heterocycles. The van der Waals surface area contributed by atoms with Gasteiger partial charge in [0.1, 0.15) is 5.75 Å². The van der Waals surface area contributed by atoms with Crippen LogP contribution in [0, 0.1) is 0 Å². The minimum Gasteiger partial charge on any atom is -0.495 e. The number of ether oxygens (including phenoxy) is 1. The zero-order valence-electron chi connectivity index (χ0n) is 16.6. The predicted octanol–water partition coefficient (Wildman–Crippen LogP) is 4.85. The minimum absolute atomic E-state index is 0.167. The summed E-state index contributed by atoms with van der Waals surface area (Å²) in [5.41, 5.74) is 0.914. The van der Waals surface area contributed by atoms with E-state index in [1.807, 2.05) is 32.0 Å². The molecule has 0 N–H and O–H groups in total. The number of halogens is 1. The fourth-order valence-electron chi connectivity index (χ4n) is 2.95. The molecule has 0 bridgehead atoms. The summed E-state index contributed by atoms with van der Waals surface area (Å²) >= 11 is 7.46. The van der Waals surface area contributed by atoms with Gasteiger partial charge in [-0.3, -0.25) is 9.36 Å². The van der Waals surface area contributed by atoms with Crippen molar-refractivity contribution >= 4 is 34.3 Å². The molecule has 0 spiro atoms. The van der Waals surface area contributed by atoms with Crippen LogP contribution in [0.5, 0.6) is 5.75 Å². The van der Waals surface area contributed by atoms with E-state index in [1.54, 1.807) is 35.9 Å². The lowest BCUT2D eigenvalue weighted by Crippen LogP contribution is -2.22. The Morgan fingerprint density at radius 3 is 2.73 bits per heavy atom. The molecule has 0 radical (unpaired) electrons. The van der Waals surface area contributed by atoms with E-state index in [2.05, 4.69) is 10.1 Å². The summed E-state index contributed by atoms with van der Waals surface area (Å²) in [7, 11) is 1.57. The topological polar surface area (TPSA) is 83.0 Å². The molecule has 7 nitrogen and oxygen atoms in total. The van der Waals surface area contributed by atoms with Gasteiger partial charge in [-0.15, -0.1) is 0 Å². The molecule has 2 heterocycles. The summed E-state index contributed by atoms with van der Waals surface area (Å²) in [5, 5.41) is 5.44. The summed E-state index contributed by atoms with van der Waals surface area (Å²) in [6.45, 7) is 3.99. The van der Waals surface area contributed by atoms with Crippen molar-refractivity contribution in [2.45, 2.75) is 30.7 Å². The second kappa shape index (κ2) is 8.49. The summed E-state index contributed by atoms with van der Waals surface area (Å²) in [5.74, 6) is 2.21. The molecule has 0 saturated carbocycles. The fraction of sp³-hybridized carbons (Fsp3) is 0.238. The number of hydrogen-bond donors (Lipinski definition) is 0. The third kappa shape index (κ3) is 3.93. The zero-order chi connectivity index (χ0) is 21.3. The summed E-state index contributed by atoms with van der Waals surface area (Å²) in [4.78, 5) is 22.5. The maximum Gasteiger partial charge on any atom is 0.266 e. The van der Waals surface area contributed by atoms with Crippen molar-refractivity contribution in [2.75, 3.05) is 7.11 Å². The molecule has 0 unspecified atom stereocenters. The Kier molecular flexibility index (Phi) is 5.78. The number of thioether (sulfide) groups is 1. The van der Waals surface area contributed by atoms with Crippen LogP contribution < -0.4 is 10.3 Å². The zero-order valence-corrected chi connectivity index (χ0v) is 18.2.